The highest BCUT2D eigenvalue weighted by molar-refractivity contribution is 7.13. The van der Waals surface area contributed by atoms with Crippen LogP contribution >= 0.6 is 11.3 Å². The molecule has 1 atom stereocenters. The van der Waals surface area contributed by atoms with Crippen LogP contribution in [0.15, 0.2) is 28.4 Å². The molecule has 3 aromatic heterocycles. The van der Waals surface area contributed by atoms with E-state index < -0.39 is 0 Å². The zero-order chi connectivity index (χ0) is 19.8. The van der Waals surface area contributed by atoms with Crippen molar-refractivity contribution in [3.8, 4) is 10.7 Å². The number of tetrazole rings is 1. The maximum atomic E-state index is 13.2. The van der Waals surface area contributed by atoms with Gasteiger partial charge < -0.3 is 9.88 Å². The van der Waals surface area contributed by atoms with Crippen molar-refractivity contribution in [1.29, 1.82) is 0 Å². The summed E-state index contributed by atoms with van der Waals surface area (Å²) in [5, 5.41) is 14.7. The van der Waals surface area contributed by atoms with Crippen LogP contribution in [0, 0.1) is 0 Å². The number of fused-ring (bicyclic) bond motifs is 1. The molecule has 1 fully saturated rings. The Balaban J connectivity index is 1.36. The van der Waals surface area contributed by atoms with Gasteiger partial charge in [-0.25, -0.2) is 0 Å². The summed E-state index contributed by atoms with van der Waals surface area (Å²) in [6.45, 7) is 1.12. The molecule has 0 radical (unpaired) electrons. The minimum atomic E-state index is -0.278. The molecule has 5 rings (SSSR count). The van der Waals surface area contributed by atoms with Crippen molar-refractivity contribution >= 4 is 17.2 Å². The Morgan fingerprint density at radius 2 is 2.17 bits per heavy atom. The largest absolute Gasteiger partial charge is 0.334 e. The van der Waals surface area contributed by atoms with E-state index >= 15 is 0 Å². The summed E-state index contributed by atoms with van der Waals surface area (Å²) in [4.78, 5) is 33.0. The lowest BCUT2D eigenvalue weighted by Gasteiger charge is -2.24. The monoisotopic (exact) mass is 410 g/mol. The summed E-state index contributed by atoms with van der Waals surface area (Å²) in [5.41, 5.74) is 2.07. The predicted molar refractivity (Wildman–Crippen MR) is 109 cm³/mol. The van der Waals surface area contributed by atoms with Crippen molar-refractivity contribution in [1.82, 2.24) is 30.1 Å². The molecule has 150 valence electrons. The number of likely N-dealkylation sites (tertiary alicyclic amines) is 1. The summed E-state index contributed by atoms with van der Waals surface area (Å²) in [6, 6.07) is 5.69. The Morgan fingerprint density at radius 1 is 1.28 bits per heavy atom. The van der Waals surface area contributed by atoms with Crippen LogP contribution in [0.2, 0.25) is 0 Å². The molecule has 1 N–H and O–H groups in total. The Labute approximate surface area is 171 Å². The molecule has 8 nitrogen and oxygen atoms in total. The lowest BCUT2D eigenvalue weighted by atomic mass is 9.95. The number of aryl methyl sites for hydroxylation is 2. The molecule has 0 bridgehead atoms. The lowest BCUT2D eigenvalue weighted by Crippen LogP contribution is -2.41. The number of pyridine rings is 1. The van der Waals surface area contributed by atoms with E-state index in [1.165, 1.54) is 0 Å². The summed E-state index contributed by atoms with van der Waals surface area (Å²) in [7, 11) is 0. The number of thiophene rings is 1. The predicted octanol–water partition coefficient (Wildman–Crippen LogP) is 2.27. The van der Waals surface area contributed by atoms with E-state index in [4.69, 9.17) is 0 Å². The highest BCUT2D eigenvalue weighted by Crippen LogP contribution is 2.24. The fourth-order valence-corrected chi connectivity index (χ4v) is 4.94. The number of amides is 1. The van der Waals surface area contributed by atoms with Gasteiger partial charge in [0, 0.05) is 12.2 Å². The maximum Gasteiger partial charge on any atom is 0.261 e. The molecule has 1 saturated heterocycles. The van der Waals surface area contributed by atoms with Gasteiger partial charge in [0.05, 0.1) is 17.5 Å². The van der Waals surface area contributed by atoms with Crippen LogP contribution in [0.25, 0.3) is 10.7 Å². The van der Waals surface area contributed by atoms with Crippen LogP contribution in [0.5, 0.6) is 0 Å². The van der Waals surface area contributed by atoms with Gasteiger partial charge in [0.15, 0.2) is 0 Å². The van der Waals surface area contributed by atoms with Gasteiger partial charge in [-0.3, -0.25) is 9.59 Å². The number of nitrogens with one attached hydrogen (secondary N) is 1. The van der Waals surface area contributed by atoms with Crippen LogP contribution in [0.4, 0.5) is 0 Å². The molecule has 1 aliphatic carbocycles. The number of rotatable bonds is 4. The van der Waals surface area contributed by atoms with Crippen LogP contribution in [-0.4, -0.2) is 48.6 Å². The van der Waals surface area contributed by atoms with E-state index in [1.807, 2.05) is 23.6 Å². The van der Waals surface area contributed by atoms with E-state index in [0.717, 1.165) is 54.7 Å². The lowest BCUT2D eigenvalue weighted by molar-refractivity contribution is 0.0715. The van der Waals surface area contributed by atoms with Gasteiger partial charge in [0.25, 0.3) is 11.5 Å². The Hall–Kier alpha value is -2.81. The Morgan fingerprint density at radius 3 is 3.03 bits per heavy atom. The zero-order valence-electron chi connectivity index (χ0n) is 16.0. The van der Waals surface area contributed by atoms with Crippen LogP contribution in [0.1, 0.15) is 47.3 Å². The van der Waals surface area contributed by atoms with E-state index in [0.29, 0.717) is 18.9 Å². The number of hydrogen-bond acceptors (Lipinski definition) is 6. The summed E-state index contributed by atoms with van der Waals surface area (Å²) < 4.78 is 0. The molecular weight excluding hydrogens is 388 g/mol. The first kappa shape index (κ1) is 18.2. The highest BCUT2D eigenvalue weighted by Gasteiger charge is 2.32. The Bertz CT molecular complexity index is 1090. The molecule has 29 heavy (non-hydrogen) atoms. The molecule has 3 aromatic rings. The second kappa shape index (κ2) is 7.55. The number of hydrogen-bond donors (Lipinski definition) is 1. The highest BCUT2D eigenvalue weighted by atomic mass is 32.1. The number of H-pyrrole nitrogens is 1. The Kier molecular flexibility index (Phi) is 4.75. The van der Waals surface area contributed by atoms with Gasteiger partial charge in [-0.1, -0.05) is 6.07 Å². The molecule has 4 heterocycles. The third-order valence-corrected chi connectivity index (χ3v) is 6.64. The summed E-state index contributed by atoms with van der Waals surface area (Å²) >= 11 is 1.57. The van der Waals surface area contributed by atoms with E-state index in [1.54, 1.807) is 21.0 Å². The number of nitrogens with zero attached hydrogens (tertiary/aromatic N) is 5. The normalized spacial score (nSPS) is 18.8. The molecular formula is C20H22N6O2S. The summed E-state index contributed by atoms with van der Waals surface area (Å²) in [6.07, 6.45) is 5.77. The number of carbonyl (C=O) groups excluding carboxylic acids is 1. The van der Waals surface area contributed by atoms with Gasteiger partial charge in [-0.15, -0.1) is 21.5 Å². The molecule has 1 amide bonds. The van der Waals surface area contributed by atoms with E-state index in [2.05, 4.69) is 20.4 Å². The average Bonchev–Trinajstić information content (AvgIpc) is 3.49. The first-order valence-corrected chi connectivity index (χ1v) is 10.9. The quantitative estimate of drug-likeness (QED) is 0.712. The van der Waals surface area contributed by atoms with Gasteiger partial charge >= 0.3 is 0 Å². The summed E-state index contributed by atoms with van der Waals surface area (Å²) in [5.74, 6) is 0.405. The van der Waals surface area contributed by atoms with Crippen molar-refractivity contribution in [3.63, 3.8) is 0 Å². The first-order chi connectivity index (χ1) is 14.2. The average molecular weight is 411 g/mol. The third-order valence-electron chi connectivity index (χ3n) is 5.77. The number of carbonyl (C=O) groups is 1. The fourth-order valence-electron chi connectivity index (χ4n) is 4.29. The number of aromatic nitrogens is 5. The topological polar surface area (TPSA) is 96.8 Å². The van der Waals surface area contributed by atoms with Crippen LogP contribution < -0.4 is 5.56 Å². The minimum absolute atomic E-state index is 0.0386. The van der Waals surface area contributed by atoms with E-state index in [-0.39, 0.29) is 23.1 Å². The molecule has 1 aliphatic heterocycles. The first-order valence-electron chi connectivity index (χ1n) is 10.1. The standard InChI is InChI=1S/C20H22N6O2S/c27-19-15(11-13-5-1-2-7-16(13)21-19)20(28)25-9-3-6-14(25)12-26-23-18(22-24-26)17-8-4-10-29-17/h4,8,10-11,14H,1-3,5-7,9,12H2,(H,21,27)/t14-/m0/s1. The second-order valence-corrected chi connectivity index (χ2v) is 8.61. The molecule has 0 aromatic carbocycles. The van der Waals surface area contributed by atoms with Crippen LogP contribution in [-0.2, 0) is 19.4 Å². The minimum Gasteiger partial charge on any atom is -0.334 e. The van der Waals surface area contributed by atoms with Crippen molar-refractivity contribution in [2.24, 2.45) is 0 Å². The van der Waals surface area contributed by atoms with Crippen molar-refractivity contribution < 1.29 is 4.79 Å². The smallest absolute Gasteiger partial charge is 0.261 e. The SMILES string of the molecule is O=C(c1cc2c([nH]c1=O)CCCC2)N1CCC[C@H]1Cn1nnc(-c2cccs2)n1. The molecule has 9 heteroatoms. The van der Waals surface area contributed by atoms with Crippen molar-refractivity contribution in [3.05, 3.63) is 50.8 Å². The fraction of sp³-hybridized carbons (Fsp3) is 0.450. The van der Waals surface area contributed by atoms with Crippen molar-refractivity contribution in [2.75, 3.05) is 6.54 Å². The van der Waals surface area contributed by atoms with Gasteiger partial charge in [0.2, 0.25) is 5.82 Å². The molecule has 0 unspecified atom stereocenters. The molecule has 0 spiro atoms. The van der Waals surface area contributed by atoms with Crippen LogP contribution in [0.3, 0.4) is 0 Å². The van der Waals surface area contributed by atoms with Gasteiger partial charge in [0.1, 0.15) is 5.56 Å². The zero-order valence-corrected chi connectivity index (χ0v) is 16.8. The third kappa shape index (κ3) is 3.50. The maximum absolute atomic E-state index is 13.2. The molecule has 0 saturated carbocycles. The van der Waals surface area contributed by atoms with E-state index in [9.17, 15) is 9.59 Å². The van der Waals surface area contributed by atoms with Gasteiger partial charge in [-0.05, 0) is 66.8 Å². The number of aromatic amines is 1. The van der Waals surface area contributed by atoms with Crippen molar-refractivity contribution in [2.45, 2.75) is 51.1 Å². The van der Waals surface area contributed by atoms with Gasteiger partial charge in [-0.2, -0.15) is 4.80 Å². The second-order valence-electron chi connectivity index (χ2n) is 7.66. The molecule has 2 aliphatic rings.